The summed E-state index contributed by atoms with van der Waals surface area (Å²) in [5, 5.41) is 40.9. The number of anilines is 2. The number of carbonyl (C=O) groups excluding carboxylic acids is 2. The highest BCUT2D eigenvalue weighted by atomic mass is 16.5. The number of aliphatic hydroxyl groups is 2. The fraction of sp³-hybridized carbons (Fsp3) is 0.417. The number of benzene rings is 2. The van der Waals surface area contributed by atoms with E-state index in [1.54, 1.807) is 18.2 Å². The molecule has 0 radical (unpaired) electrons. The van der Waals surface area contributed by atoms with Gasteiger partial charge in [0.1, 0.15) is 5.75 Å². The van der Waals surface area contributed by atoms with Crippen LogP contribution in [0.15, 0.2) is 24.3 Å². The van der Waals surface area contributed by atoms with Crippen molar-refractivity contribution in [3.63, 3.8) is 0 Å². The normalized spacial score (nSPS) is 12.4. The Morgan fingerprint density at radius 2 is 1.24 bits per heavy atom. The molecule has 0 unspecified atom stereocenters. The van der Waals surface area contributed by atoms with E-state index < -0.39 is 5.78 Å². The Kier molecular flexibility index (Phi) is 9.37. The van der Waals surface area contributed by atoms with Gasteiger partial charge in [-0.2, -0.15) is 0 Å². The molecule has 0 bridgehead atoms. The van der Waals surface area contributed by atoms with Crippen LogP contribution >= 0.6 is 0 Å². The molecule has 0 saturated carbocycles. The lowest BCUT2D eigenvalue weighted by molar-refractivity contribution is 0.0974. The number of aromatic hydroxyl groups is 1. The van der Waals surface area contributed by atoms with Crippen molar-refractivity contribution in [2.75, 3.05) is 70.2 Å². The van der Waals surface area contributed by atoms with Gasteiger partial charge in [0.05, 0.1) is 36.5 Å². The molecule has 34 heavy (non-hydrogen) atoms. The van der Waals surface area contributed by atoms with E-state index in [4.69, 9.17) is 14.9 Å². The third kappa shape index (κ3) is 5.54. The number of fused-ring (bicyclic) bond motifs is 2. The lowest BCUT2D eigenvalue weighted by Gasteiger charge is -2.26. The van der Waals surface area contributed by atoms with E-state index in [1.165, 1.54) is 13.2 Å². The standard InChI is InChI=1S/C24H32N4O6/c1-34-14-15-2-5-18(31)22-19(15)23(32)20-16(27-8-6-25-10-12-29)3-4-17(21(20)24(22)33)28-9-7-26-11-13-30/h2-5,25-31H,6-14H2,1H3. The Hall–Kier alpha value is -3.02. The molecule has 0 saturated heterocycles. The summed E-state index contributed by atoms with van der Waals surface area (Å²) in [6.45, 7) is 3.13. The van der Waals surface area contributed by atoms with E-state index in [2.05, 4.69) is 21.3 Å². The molecular weight excluding hydrogens is 440 g/mol. The maximum Gasteiger partial charge on any atom is 0.200 e. The summed E-state index contributed by atoms with van der Waals surface area (Å²) in [5.41, 5.74) is 2.12. The fourth-order valence-corrected chi connectivity index (χ4v) is 4.00. The molecule has 0 atom stereocenters. The predicted octanol–water partition coefficient (Wildman–Crippen LogP) is 0.302. The lowest BCUT2D eigenvalue weighted by atomic mass is 9.79. The highest BCUT2D eigenvalue weighted by Crippen LogP contribution is 2.40. The van der Waals surface area contributed by atoms with E-state index in [0.29, 0.717) is 56.2 Å². The Labute approximate surface area is 198 Å². The fourth-order valence-electron chi connectivity index (χ4n) is 4.00. The number of ketones is 2. The van der Waals surface area contributed by atoms with Gasteiger partial charge in [0, 0.05) is 63.3 Å². The van der Waals surface area contributed by atoms with Crippen LogP contribution in [0.3, 0.4) is 0 Å². The second-order valence-electron chi connectivity index (χ2n) is 7.80. The van der Waals surface area contributed by atoms with Gasteiger partial charge in [0.2, 0.25) is 0 Å². The van der Waals surface area contributed by atoms with Crippen LogP contribution < -0.4 is 21.3 Å². The molecule has 1 aliphatic carbocycles. The number of hydrogen-bond acceptors (Lipinski definition) is 10. The first kappa shape index (κ1) is 25.6. The summed E-state index contributed by atoms with van der Waals surface area (Å²) in [6, 6.07) is 6.49. The molecule has 10 heteroatoms. The Bertz CT molecular complexity index is 1030. The van der Waals surface area contributed by atoms with Gasteiger partial charge in [-0.25, -0.2) is 0 Å². The Morgan fingerprint density at radius 3 is 1.74 bits per heavy atom. The second kappa shape index (κ2) is 12.4. The van der Waals surface area contributed by atoms with Gasteiger partial charge in [-0.1, -0.05) is 6.07 Å². The topological polar surface area (TPSA) is 152 Å². The van der Waals surface area contributed by atoms with E-state index in [9.17, 15) is 14.7 Å². The SMILES string of the molecule is COCc1ccc(O)c2c1C(=O)c1c(NCCNCCO)ccc(NCCNCCO)c1C2=O. The van der Waals surface area contributed by atoms with Crippen molar-refractivity contribution in [2.24, 2.45) is 0 Å². The van der Waals surface area contributed by atoms with Gasteiger partial charge in [-0.15, -0.1) is 0 Å². The molecule has 184 valence electrons. The number of phenols is 1. The first-order valence-electron chi connectivity index (χ1n) is 11.3. The minimum absolute atomic E-state index is 0.0183. The molecule has 0 spiro atoms. The number of ether oxygens (including phenoxy) is 1. The molecule has 1 aliphatic rings. The van der Waals surface area contributed by atoms with Crippen LogP contribution in [0.25, 0.3) is 0 Å². The van der Waals surface area contributed by atoms with Crippen molar-refractivity contribution in [1.82, 2.24) is 10.6 Å². The maximum atomic E-state index is 13.7. The van der Waals surface area contributed by atoms with Crippen molar-refractivity contribution >= 4 is 22.9 Å². The molecule has 0 aromatic heterocycles. The second-order valence-corrected chi connectivity index (χ2v) is 7.80. The van der Waals surface area contributed by atoms with Crippen molar-refractivity contribution in [1.29, 1.82) is 0 Å². The van der Waals surface area contributed by atoms with Crippen molar-refractivity contribution < 1.29 is 29.6 Å². The minimum Gasteiger partial charge on any atom is -0.507 e. The van der Waals surface area contributed by atoms with Gasteiger partial charge in [-0.05, 0) is 23.8 Å². The van der Waals surface area contributed by atoms with Gasteiger partial charge in [-0.3, -0.25) is 9.59 Å². The van der Waals surface area contributed by atoms with Gasteiger partial charge >= 0.3 is 0 Å². The minimum atomic E-state index is -0.437. The molecule has 10 nitrogen and oxygen atoms in total. The lowest BCUT2D eigenvalue weighted by Crippen LogP contribution is -2.29. The van der Waals surface area contributed by atoms with Crippen LogP contribution in [0.4, 0.5) is 11.4 Å². The molecule has 0 fully saturated rings. The first-order valence-corrected chi connectivity index (χ1v) is 11.3. The molecule has 0 heterocycles. The molecular formula is C24H32N4O6. The monoisotopic (exact) mass is 472 g/mol. The van der Waals surface area contributed by atoms with Crippen molar-refractivity contribution in [3.05, 3.63) is 52.1 Å². The highest BCUT2D eigenvalue weighted by Gasteiger charge is 2.37. The van der Waals surface area contributed by atoms with E-state index in [0.717, 1.165) is 0 Å². The molecule has 2 aromatic carbocycles. The van der Waals surface area contributed by atoms with Crippen LogP contribution in [-0.2, 0) is 11.3 Å². The quantitative estimate of drug-likeness (QED) is 0.163. The molecule has 0 aliphatic heterocycles. The van der Waals surface area contributed by atoms with Crippen LogP contribution in [0.2, 0.25) is 0 Å². The largest absolute Gasteiger partial charge is 0.507 e. The summed E-state index contributed by atoms with van der Waals surface area (Å²) in [7, 11) is 1.50. The summed E-state index contributed by atoms with van der Waals surface area (Å²) in [5.74, 6) is -1.05. The number of carbonyl (C=O) groups is 2. The van der Waals surface area contributed by atoms with E-state index >= 15 is 0 Å². The first-order chi connectivity index (χ1) is 16.5. The van der Waals surface area contributed by atoms with Crippen LogP contribution in [0.1, 0.15) is 37.4 Å². The number of phenolic OH excluding ortho intramolecular Hbond substituents is 1. The summed E-state index contributed by atoms with van der Waals surface area (Å²) < 4.78 is 5.22. The zero-order chi connectivity index (χ0) is 24.5. The number of rotatable bonds is 14. The molecule has 7 N–H and O–H groups in total. The highest BCUT2D eigenvalue weighted by molar-refractivity contribution is 6.33. The van der Waals surface area contributed by atoms with Gasteiger partial charge in [0.15, 0.2) is 11.6 Å². The maximum absolute atomic E-state index is 13.7. The number of methoxy groups -OCH3 is 1. The number of nitrogens with one attached hydrogen (secondary N) is 4. The van der Waals surface area contributed by atoms with Gasteiger partial charge in [0.25, 0.3) is 0 Å². The average molecular weight is 473 g/mol. The third-order valence-corrected chi connectivity index (χ3v) is 5.49. The van der Waals surface area contributed by atoms with Crippen LogP contribution in [0.5, 0.6) is 5.75 Å². The Balaban J connectivity index is 2.01. The predicted molar refractivity (Wildman–Crippen MR) is 129 cm³/mol. The van der Waals surface area contributed by atoms with Crippen molar-refractivity contribution in [2.45, 2.75) is 6.61 Å². The van der Waals surface area contributed by atoms with E-state index in [-0.39, 0.29) is 53.6 Å². The molecule has 0 amide bonds. The van der Waals surface area contributed by atoms with Crippen molar-refractivity contribution in [3.8, 4) is 5.75 Å². The van der Waals surface area contributed by atoms with Gasteiger partial charge < -0.3 is 41.3 Å². The molecule has 2 aromatic rings. The number of aliphatic hydroxyl groups excluding tert-OH is 2. The Morgan fingerprint density at radius 1 is 0.706 bits per heavy atom. The number of hydrogen-bond donors (Lipinski definition) is 7. The average Bonchev–Trinajstić information content (AvgIpc) is 2.83. The van der Waals surface area contributed by atoms with Crippen LogP contribution in [0, 0.1) is 0 Å². The molecule has 3 rings (SSSR count). The summed E-state index contributed by atoms with van der Waals surface area (Å²) >= 11 is 0. The third-order valence-electron chi connectivity index (χ3n) is 5.49. The zero-order valence-corrected chi connectivity index (χ0v) is 19.2. The summed E-state index contributed by atoms with van der Waals surface area (Å²) in [6.07, 6.45) is 0. The van der Waals surface area contributed by atoms with Crippen LogP contribution in [-0.4, -0.2) is 86.5 Å². The zero-order valence-electron chi connectivity index (χ0n) is 19.2. The van der Waals surface area contributed by atoms with E-state index in [1.807, 2.05) is 0 Å². The smallest absolute Gasteiger partial charge is 0.200 e. The summed E-state index contributed by atoms with van der Waals surface area (Å²) in [4.78, 5) is 27.4.